The summed E-state index contributed by atoms with van der Waals surface area (Å²) in [4.78, 5) is 25.0. The van der Waals surface area contributed by atoms with Crippen LogP contribution in [-0.4, -0.2) is 32.7 Å². The summed E-state index contributed by atoms with van der Waals surface area (Å²) in [5.74, 6) is -0.726. The van der Waals surface area contributed by atoms with E-state index < -0.39 is 10.0 Å². The second-order valence-corrected chi connectivity index (χ2v) is 9.47. The maximum Gasteiger partial charge on any atom is 0.348 e. The molecule has 30 heavy (non-hydrogen) atoms. The molecule has 9 heteroatoms. The molecule has 0 aliphatic rings. The van der Waals surface area contributed by atoms with Crippen molar-refractivity contribution in [3.05, 3.63) is 59.0 Å². The third-order valence-electron chi connectivity index (χ3n) is 4.12. The zero-order chi connectivity index (χ0) is 21.7. The van der Waals surface area contributed by atoms with Crippen LogP contribution in [0.5, 0.6) is 0 Å². The van der Waals surface area contributed by atoms with Gasteiger partial charge in [-0.25, -0.2) is 13.2 Å². The average molecular weight is 447 g/mol. The van der Waals surface area contributed by atoms with Gasteiger partial charge in [-0.15, -0.1) is 11.3 Å². The highest BCUT2D eigenvalue weighted by Gasteiger charge is 2.14. The molecular weight excluding hydrogens is 424 g/mol. The normalized spacial score (nSPS) is 11.3. The number of hydrogen-bond donors (Lipinski definition) is 2. The molecule has 2 N–H and O–H groups in total. The summed E-state index contributed by atoms with van der Waals surface area (Å²) in [5.41, 5.74) is 1.23. The fraction of sp³-hybridized carbons (Fsp3) is 0.238. The van der Waals surface area contributed by atoms with E-state index in [1.165, 1.54) is 17.4 Å². The highest BCUT2D eigenvalue weighted by Crippen LogP contribution is 2.29. The predicted molar refractivity (Wildman–Crippen MR) is 120 cm³/mol. The quantitative estimate of drug-likeness (QED) is 0.497. The maximum absolute atomic E-state index is 12.6. The molecule has 1 amide bonds. The predicted octanol–water partition coefficient (Wildman–Crippen LogP) is 4.48. The lowest BCUT2D eigenvalue weighted by Crippen LogP contribution is -2.17. The van der Waals surface area contributed by atoms with Gasteiger partial charge in [0.15, 0.2) is 0 Å². The van der Waals surface area contributed by atoms with Crippen LogP contribution in [0.4, 0.5) is 11.4 Å². The Kier molecular flexibility index (Phi) is 6.73. The van der Waals surface area contributed by atoms with Gasteiger partial charge in [0.25, 0.3) is 5.91 Å². The summed E-state index contributed by atoms with van der Waals surface area (Å²) >= 11 is 1.33. The summed E-state index contributed by atoms with van der Waals surface area (Å²) < 4.78 is 32.3. The number of carbonyl (C=O) groups excluding carboxylic acids is 2. The molecule has 0 saturated heterocycles. The minimum absolute atomic E-state index is 0.0118. The van der Waals surface area contributed by atoms with Gasteiger partial charge in [0, 0.05) is 21.6 Å². The number of sulfonamides is 1. The van der Waals surface area contributed by atoms with Gasteiger partial charge in [-0.2, -0.15) is 0 Å². The molecule has 0 fully saturated rings. The van der Waals surface area contributed by atoms with E-state index in [9.17, 15) is 18.0 Å². The second-order valence-electron chi connectivity index (χ2n) is 6.54. The number of amides is 1. The number of thiophene rings is 1. The minimum Gasteiger partial charge on any atom is -0.462 e. The number of carbonyl (C=O) groups is 2. The molecular formula is C21H22N2O5S2. The van der Waals surface area contributed by atoms with E-state index in [2.05, 4.69) is 10.0 Å². The molecule has 158 valence electrons. The summed E-state index contributed by atoms with van der Waals surface area (Å²) in [6.45, 7) is 3.84. The van der Waals surface area contributed by atoms with Crippen molar-refractivity contribution < 1.29 is 22.7 Å². The molecule has 0 unspecified atom stereocenters. The number of anilines is 2. The SMILES string of the molecule is CCCS(=O)(=O)Nc1cccc(C(=O)Nc2ccc3sc(C(=O)OCC)cc3c2)c1. The Labute approximate surface area is 179 Å². The molecule has 0 bridgehead atoms. The molecule has 1 aromatic heterocycles. The number of ether oxygens (including phenoxy) is 1. The number of nitrogens with one attached hydrogen (secondary N) is 2. The van der Waals surface area contributed by atoms with Crippen molar-refractivity contribution >= 4 is 54.7 Å². The topological polar surface area (TPSA) is 102 Å². The largest absolute Gasteiger partial charge is 0.462 e. The van der Waals surface area contributed by atoms with Crippen molar-refractivity contribution in [3.8, 4) is 0 Å². The highest BCUT2D eigenvalue weighted by molar-refractivity contribution is 7.92. The lowest BCUT2D eigenvalue weighted by atomic mass is 10.1. The van der Waals surface area contributed by atoms with Crippen LogP contribution < -0.4 is 10.0 Å². The van der Waals surface area contributed by atoms with Crippen LogP contribution in [0.25, 0.3) is 10.1 Å². The van der Waals surface area contributed by atoms with Crippen molar-refractivity contribution in [2.75, 3.05) is 22.4 Å². The van der Waals surface area contributed by atoms with Crippen LogP contribution in [0, 0.1) is 0 Å². The number of rotatable bonds is 8. The number of fused-ring (bicyclic) bond motifs is 1. The molecule has 3 rings (SSSR count). The first kappa shape index (κ1) is 21.8. The van der Waals surface area contributed by atoms with Crippen LogP contribution in [0.3, 0.4) is 0 Å². The lowest BCUT2D eigenvalue weighted by molar-refractivity contribution is 0.0532. The molecule has 0 saturated carbocycles. The van der Waals surface area contributed by atoms with Crippen LogP contribution in [0.15, 0.2) is 48.5 Å². The molecule has 2 aromatic carbocycles. The monoisotopic (exact) mass is 446 g/mol. The fourth-order valence-corrected chi connectivity index (χ4v) is 4.91. The summed E-state index contributed by atoms with van der Waals surface area (Å²) in [7, 11) is -3.44. The molecule has 3 aromatic rings. The first-order valence-corrected chi connectivity index (χ1v) is 11.9. The van der Waals surface area contributed by atoms with Crippen LogP contribution >= 0.6 is 11.3 Å². The van der Waals surface area contributed by atoms with Crippen molar-refractivity contribution in [3.63, 3.8) is 0 Å². The summed E-state index contributed by atoms with van der Waals surface area (Å²) in [5, 5.41) is 3.62. The van der Waals surface area contributed by atoms with Crippen molar-refractivity contribution in [1.29, 1.82) is 0 Å². The third-order valence-corrected chi connectivity index (χ3v) is 6.71. The fourth-order valence-electron chi connectivity index (χ4n) is 2.85. The van der Waals surface area contributed by atoms with E-state index in [-0.39, 0.29) is 17.6 Å². The molecule has 0 aliphatic carbocycles. The number of benzene rings is 2. The van der Waals surface area contributed by atoms with Gasteiger partial charge >= 0.3 is 5.97 Å². The van der Waals surface area contributed by atoms with Gasteiger partial charge in [0.2, 0.25) is 10.0 Å². The summed E-state index contributed by atoms with van der Waals surface area (Å²) in [6.07, 6.45) is 0.498. The maximum atomic E-state index is 12.6. The first-order valence-electron chi connectivity index (χ1n) is 9.44. The van der Waals surface area contributed by atoms with Crippen molar-refractivity contribution in [2.24, 2.45) is 0 Å². The van der Waals surface area contributed by atoms with Crippen LogP contribution in [0.2, 0.25) is 0 Å². The Hall–Kier alpha value is -2.91. The molecule has 7 nitrogen and oxygen atoms in total. The van der Waals surface area contributed by atoms with Crippen LogP contribution in [0.1, 0.15) is 40.3 Å². The van der Waals surface area contributed by atoms with Gasteiger partial charge in [-0.3, -0.25) is 9.52 Å². The van der Waals surface area contributed by atoms with Gasteiger partial charge in [0.05, 0.1) is 12.4 Å². The Morgan fingerprint density at radius 1 is 1.03 bits per heavy atom. The number of hydrogen-bond acceptors (Lipinski definition) is 6. The Balaban J connectivity index is 1.76. The Bertz CT molecular complexity index is 1190. The minimum atomic E-state index is -3.44. The van der Waals surface area contributed by atoms with E-state index in [1.54, 1.807) is 50.2 Å². The van der Waals surface area contributed by atoms with Crippen molar-refractivity contribution in [1.82, 2.24) is 0 Å². The molecule has 0 atom stereocenters. The molecule has 0 spiro atoms. The average Bonchev–Trinajstić information content (AvgIpc) is 3.11. The first-order chi connectivity index (χ1) is 14.3. The van der Waals surface area contributed by atoms with Gasteiger partial charge < -0.3 is 10.1 Å². The van der Waals surface area contributed by atoms with E-state index in [0.717, 1.165) is 10.1 Å². The summed E-state index contributed by atoms with van der Waals surface area (Å²) in [6, 6.07) is 13.4. The number of esters is 1. The van der Waals surface area contributed by atoms with E-state index in [1.807, 2.05) is 6.07 Å². The Morgan fingerprint density at radius 2 is 1.83 bits per heavy atom. The molecule has 0 radical (unpaired) electrons. The van der Waals surface area contributed by atoms with E-state index in [0.29, 0.717) is 34.8 Å². The van der Waals surface area contributed by atoms with E-state index in [4.69, 9.17) is 4.74 Å². The lowest BCUT2D eigenvalue weighted by Gasteiger charge is -2.09. The molecule has 0 aliphatic heterocycles. The van der Waals surface area contributed by atoms with Gasteiger partial charge in [0.1, 0.15) is 4.88 Å². The smallest absolute Gasteiger partial charge is 0.348 e. The van der Waals surface area contributed by atoms with E-state index >= 15 is 0 Å². The zero-order valence-electron chi connectivity index (χ0n) is 16.6. The van der Waals surface area contributed by atoms with Crippen molar-refractivity contribution in [2.45, 2.75) is 20.3 Å². The highest BCUT2D eigenvalue weighted by atomic mass is 32.2. The zero-order valence-corrected chi connectivity index (χ0v) is 18.2. The van der Waals surface area contributed by atoms with Gasteiger partial charge in [-0.1, -0.05) is 13.0 Å². The van der Waals surface area contributed by atoms with Crippen LogP contribution in [-0.2, 0) is 14.8 Å². The molecule has 1 heterocycles. The second kappa shape index (κ2) is 9.27. The standard InChI is InChI=1S/C21H22N2O5S2/c1-3-10-30(26,27)23-17-7-5-6-14(11-17)20(24)22-16-8-9-18-15(12-16)13-19(29-18)21(25)28-4-2/h5-9,11-13,23H,3-4,10H2,1-2H3,(H,22,24). The third kappa shape index (κ3) is 5.37. The Morgan fingerprint density at radius 3 is 2.57 bits per heavy atom. The van der Waals surface area contributed by atoms with Gasteiger partial charge in [-0.05, 0) is 61.2 Å².